The maximum Gasteiger partial charge on any atom is 0.153 e. The Balaban J connectivity index is 1.86. The zero-order chi connectivity index (χ0) is 14.2. The van der Waals surface area contributed by atoms with E-state index in [1.54, 1.807) is 7.11 Å². The van der Waals surface area contributed by atoms with E-state index in [9.17, 15) is 0 Å². The molecule has 2 heterocycles. The molecule has 5 nitrogen and oxygen atoms in total. The number of para-hydroxylation sites is 1. The predicted molar refractivity (Wildman–Crippen MR) is 82.1 cm³/mol. The topological polar surface area (TPSA) is 59.2 Å². The van der Waals surface area contributed by atoms with E-state index in [4.69, 9.17) is 9.47 Å². The zero-order valence-electron chi connectivity index (χ0n) is 11.6. The van der Waals surface area contributed by atoms with E-state index in [0.717, 1.165) is 46.2 Å². The van der Waals surface area contributed by atoms with Gasteiger partial charge in [0.25, 0.3) is 0 Å². The molecule has 1 aliphatic heterocycles. The van der Waals surface area contributed by atoms with Gasteiger partial charge in [0.05, 0.1) is 29.4 Å². The molecule has 2 aromatic carbocycles. The number of hydrogen-bond donors (Lipinski definition) is 2. The van der Waals surface area contributed by atoms with Gasteiger partial charge in [-0.15, -0.1) is 0 Å². The second kappa shape index (κ2) is 4.70. The Morgan fingerprint density at radius 1 is 1.24 bits per heavy atom. The monoisotopic (exact) mass is 281 g/mol. The minimum absolute atomic E-state index is 0.665. The van der Waals surface area contributed by atoms with Crippen molar-refractivity contribution in [1.82, 2.24) is 9.97 Å². The van der Waals surface area contributed by atoms with Gasteiger partial charge in [0.1, 0.15) is 18.2 Å². The first-order chi connectivity index (χ1) is 10.3. The maximum atomic E-state index is 5.80. The summed E-state index contributed by atoms with van der Waals surface area (Å²) in [6.07, 6.45) is 0. The number of hydrogen-bond acceptors (Lipinski definition) is 4. The van der Waals surface area contributed by atoms with Crippen LogP contribution in [0, 0.1) is 0 Å². The van der Waals surface area contributed by atoms with Gasteiger partial charge in [-0.3, -0.25) is 0 Å². The van der Waals surface area contributed by atoms with Gasteiger partial charge >= 0.3 is 0 Å². The highest BCUT2D eigenvalue weighted by molar-refractivity contribution is 5.84. The minimum atomic E-state index is 0.665. The van der Waals surface area contributed by atoms with E-state index in [-0.39, 0.29) is 0 Å². The molecule has 106 valence electrons. The number of nitrogens with one attached hydrogen (secondary N) is 2. The maximum absolute atomic E-state index is 5.80. The lowest BCUT2D eigenvalue weighted by Crippen LogP contribution is -2.18. The standard InChI is InChI=1S/C16H15N3O2/c1-20-10-5-6-12-14(9-10)19-16(18-12)11-3-2-4-13-15(11)21-8-7-17-13/h2-6,9,17H,7-8H2,1H3,(H,18,19). The molecule has 21 heavy (non-hydrogen) atoms. The molecule has 4 rings (SSSR count). The van der Waals surface area contributed by atoms with Crippen LogP contribution in [0.3, 0.4) is 0 Å². The third-order valence-corrected chi connectivity index (χ3v) is 3.62. The lowest BCUT2D eigenvalue weighted by atomic mass is 10.1. The molecule has 0 saturated heterocycles. The molecule has 0 fully saturated rings. The van der Waals surface area contributed by atoms with Gasteiger partial charge in [-0.25, -0.2) is 4.98 Å². The molecule has 1 aromatic heterocycles. The molecule has 1 aliphatic rings. The highest BCUT2D eigenvalue weighted by atomic mass is 16.5. The summed E-state index contributed by atoms with van der Waals surface area (Å²) in [6, 6.07) is 11.8. The number of H-pyrrole nitrogens is 1. The Labute approximate surface area is 121 Å². The molecule has 0 radical (unpaired) electrons. The first-order valence-electron chi connectivity index (χ1n) is 6.89. The largest absolute Gasteiger partial charge is 0.497 e. The van der Waals surface area contributed by atoms with Crippen LogP contribution in [0.1, 0.15) is 0 Å². The normalized spacial score (nSPS) is 13.4. The summed E-state index contributed by atoms with van der Waals surface area (Å²) in [5, 5.41) is 3.34. The Kier molecular flexibility index (Phi) is 2.70. The molecular weight excluding hydrogens is 266 g/mol. The molecule has 0 amide bonds. The van der Waals surface area contributed by atoms with Crippen LogP contribution in [0.25, 0.3) is 22.4 Å². The van der Waals surface area contributed by atoms with E-state index in [0.29, 0.717) is 6.61 Å². The van der Waals surface area contributed by atoms with Crippen LogP contribution < -0.4 is 14.8 Å². The highest BCUT2D eigenvalue weighted by Crippen LogP contribution is 2.37. The van der Waals surface area contributed by atoms with Gasteiger partial charge in [0, 0.05) is 12.6 Å². The first-order valence-corrected chi connectivity index (χ1v) is 6.89. The molecule has 5 heteroatoms. The van der Waals surface area contributed by atoms with Gasteiger partial charge in [-0.05, 0) is 24.3 Å². The van der Waals surface area contributed by atoms with Crippen molar-refractivity contribution in [3.8, 4) is 22.9 Å². The van der Waals surface area contributed by atoms with Crippen LogP contribution in [0.4, 0.5) is 5.69 Å². The van der Waals surface area contributed by atoms with Crippen molar-refractivity contribution in [2.45, 2.75) is 0 Å². The summed E-state index contributed by atoms with van der Waals surface area (Å²) in [5.74, 6) is 2.47. The molecule has 0 spiro atoms. The van der Waals surface area contributed by atoms with Gasteiger partial charge in [-0.2, -0.15) is 0 Å². The van der Waals surface area contributed by atoms with Crippen LogP contribution >= 0.6 is 0 Å². The molecule has 0 bridgehead atoms. The van der Waals surface area contributed by atoms with Gasteiger partial charge < -0.3 is 19.8 Å². The van der Waals surface area contributed by atoms with Crippen molar-refractivity contribution in [3.05, 3.63) is 36.4 Å². The molecule has 0 saturated carbocycles. The summed E-state index contributed by atoms with van der Waals surface area (Å²) >= 11 is 0. The summed E-state index contributed by atoms with van der Waals surface area (Å²) in [5.41, 5.74) is 3.84. The average molecular weight is 281 g/mol. The van der Waals surface area contributed by atoms with E-state index >= 15 is 0 Å². The van der Waals surface area contributed by atoms with Gasteiger partial charge in [0.2, 0.25) is 0 Å². The van der Waals surface area contributed by atoms with Crippen molar-refractivity contribution in [3.63, 3.8) is 0 Å². The van der Waals surface area contributed by atoms with Crippen LogP contribution in [-0.4, -0.2) is 30.2 Å². The van der Waals surface area contributed by atoms with E-state index in [1.165, 1.54) is 0 Å². The summed E-state index contributed by atoms with van der Waals surface area (Å²) < 4.78 is 11.0. The van der Waals surface area contributed by atoms with Crippen LogP contribution in [-0.2, 0) is 0 Å². The third-order valence-electron chi connectivity index (χ3n) is 3.62. The molecule has 0 unspecified atom stereocenters. The van der Waals surface area contributed by atoms with Gasteiger partial charge in [0.15, 0.2) is 5.75 Å². The molecule has 2 N–H and O–H groups in total. The number of nitrogens with zero attached hydrogens (tertiary/aromatic N) is 1. The van der Waals surface area contributed by atoms with Crippen molar-refractivity contribution < 1.29 is 9.47 Å². The first kappa shape index (κ1) is 12.1. The fourth-order valence-corrected chi connectivity index (χ4v) is 2.60. The zero-order valence-corrected chi connectivity index (χ0v) is 11.6. The van der Waals surface area contributed by atoms with Crippen LogP contribution in [0.2, 0.25) is 0 Å². The molecule has 0 atom stereocenters. The second-order valence-corrected chi connectivity index (χ2v) is 4.93. The van der Waals surface area contributed by atoms with E-state index in [2.05, 4.69) is 15.3 Å². The Hall–Kier alpha value is -2.69. The molecule has 3 aromatic rings. The predicted octanol–water partition coefficient (Wildman–Crippen LogP) is 3.04. The number of fused-ring (bicyclic) bond motifs is 2. The summed E-state index contributed by atoms with van der Waals surface area (Å²) in [6.45, 7) is 1.49. The Morgan fingerprint density at radius 3 is 3.10 bits per heavy atom. The Bertz CT molecular complexity index is 810. The molecular formula is C16H15N3O2. The quantitative estimate of drug-likeness (QED) is 0.758. The van der Waals surface area contributed by atoms with Crippen molar-refractivity contribution in [2.24, 2.45) is 0 Å². The SMILES string of the molecule is COc1ccc2nc(-c3cccc4c3OCCN4)[nH]c2c1. The minimum Gasteiger partial charge on any atom is -0.497 e. The van der Waals surface area contributed by atoms with Crippen molar-refractivity contribution in [2.75, 3.05) is 25.6 Å². The number of rotatable bonds is 2. The van der Waals surface area contributed by atoms with E-state index in [1.807, 2.05) is 36.4 Å². The summed E-state index contributed by atoms with van der Waals surface area (Å²) in [7, 11) is 1.66. The lowest BCUT2D eigenvalue weighted by Gasteiger charge is -2.20. The summed E-state index contributed by atoms with van der Waals surface area (Å²) in [4.78, 5) is 7.99. The van der Waals surface area contributed by atoms with E-state index < -0.39 is 0 Å². The fourth-order valence-electron chi connectivity index (χ4n) is 2.60. The third kappa shape index (κ3) is 1.98. The smallest absolute Gasteiger partial charge is 0.153 e. The number of aromatic nitrogens is 2. The number of ether oxygens (including phenoxy) is 2. The molecule has 0 aliphatic carbocycles. The Morgan fingerprint density at radius 2 is 2.19 bits per heavy atom. The van der Waals surface area contributed by atoms with Gasteiger partial charge in [-0.1, -0.05) is 6.07 Å². The van der Waals surface area contributed by atoms with Crippen LogP contribution in [0.5, 0.6) is 11.5 Å². The fraction of sp³-hybridized carbons (Fsp3) is 0.188. The average Bonchev–Trinajstić information content (AvgIpc) is 2.97. The second-order valence-electron chi connectivity index (χ2n) is 4.93. The van der Waals surface area contributed by atoms with Crippen molar-refractivity contribution >= 4 is 16.7 Å². The number of imidazole rings is 1. The number of aromatic amines is 1. The number of benzene rings is 2. The number of methoxy groups -OCH3 is 1. The van der Waals surface area contributed by atoms with Crippen molar-refractivity contribution in [1.29, 1.82) is 0 Å². The number of anilines is 1. The highest BCUT2D eigenvalue weighted by Gasteiger charge is 2.17. The lowest BCUT2D eigenvalue weighted by molar-refractivity contribution is 0.324. The van der Waals surface area contributed by atoms with Crippen LogP contribution in [0.15, 0.2) is 36.4 Å².